The van der Waals surface area contributed by atoms with Crippen LogP contribution in [0, 0.1) is 5.92 Å². The zero-order valence-electron chi connectivity index (χ0n) is 14.2. The van der Waals surface area contributed by atoms with E-state index in [1.54, 1.807) is 35.2 Å². The molecule has 2 fully saturated rings. The average Bonchev–Trinajstić information content (AvgIpc) is 3.16. The van der Waals surface area contributed by atoms with Gasteiger partial charge in [0.1, 0.15) is 0 Å². The van der Waals surface area contributed by atoms with E-state index in [2.05, 4.69) is 4.72 Å². The summed E-state index contributed by atoms with van der Waals surface area (Å²) in [6.45, 7) is 6.01. The molecule has 0 radical (unpaired) electrons. The lowest BCUT2D eigenvalue weighted by Gasteiger charge is -2.36. The summed E-state index contributed by atoms with van der Waals surface area (Å²) in [6.07, 6.45) is 1.69. The van der Waals surface area contributed by atoms with E-state index < -0.39 is 10.0 Å². The minimum absolute atomic E-state index is 0.0242. The summed E-state index contributed by atoms with van der Waals surface area (Å²) in [5.74, 6) is 0.387. The first-order chi connectivity index (χ1) is 11.5. The SMILES string of the molecule is CCN(CC)C(=O)N1C[C@@H]2C[C@H](NS(=O)(=O)c3ccccc3)[C@H]1C2. The highest BCUT2D eigenvalue weighted by atomic mass is 32.2. The second-order valence-electron chi connectivity index (χ2n) is 6.55. The first-order valence-corrected chi connectivity index (χ1v) is 10.1. The van der Waals surface area contributed by atoms with E-state index in [0.29, 0.717) is 19.0 Å². The largest absolute Gasteiger partial charge is 0.325 e. The number of carbonyl (C=O) groups is 1. The molecule has 1 aliphatic heterocycles. The summed E-state index contributed by atoms with van der Waals surface area (Å²) in [4.78, 5) is 16.6. The maximum atomic E-state index is 12.7. The van der Waals surface area contributed by atoms with Gasteiger partial charge in [0.05, 0.1) is 10.9 Å². The molecule has 2 bridgehead atoms. The van der Waals surface area contributed by atoms with Gasteiger partial charge in [-0.25, -0.2) is 17.9 Å². The number of urea groups is 1. The number of fused-ring (bicyclic) bond motifs is 2. The lowest BCUT2D eigenvalue weighted by Crippen LogP contribution is -2.55. The molecule has 3 atom stereocenters. The summed E-state index contributed by atoms with van der Waals surface area (Å²) >= 11 is 0. The maximum Gasteiger partial charge on any atom is 0.320 e. The van der Waals surface area contributed by atoms with Crippen molar-refractivity contribution in [3.05, 3.63) is 30.3 Å². The molecule has 132 valence electrons. The Morgan fingerprint density at radius 1 is 1.21 bits per heavy atom. The molecule has 0 unspecified atom stereocenters. The van der Waals surface area contributed by atoms with Gasteiger partial charge in [0, 0.05) is 25.7 Å². The molecule has 1 aromatic rings. The molecule has 1 N–H and O–H groups in total. The quantitative estimate of drug-likeness (QED) is 0.881. The zero-order valence-corrected chi connectivity index (χ0v) is 15.0. The number of nitrogens with one attached hydrogen (secondary N) is 1. The summed E-state index contributed by atoms with van der Waals surface area (Å²) in [5.41, 5.74) is 0. The lowest BCUT2D eigenvalue weighted by molar-refractivity contribution is 0.134. The molecule has 2 aliphatic rings. The van der Waals surface area contributed by atoms with Gasteiger partial charge in [0.25, 0.3) is 0 Å². The minimum atomic E-state index is -3.55. The van der Waals surface area contributed by atoms with Crippen LogP contribution in [0.2, 0.25) is 0 Å². The van der Waals surface area contributed by atoms with Crippen LogP contribution in [0.3, 0.4) is 0 Å². The van der Waals surface area contributed by atoms with Crippen molar-refractivity contribution in [1.29, 1.82) is 0 Å². The van der Waals surface area contributed by atoms with Crippen molar-refractivity contribution in [1.82, 2.24) is 14.5 Å². The van der Waals surface area contributed by atoms with Crippen LogP contribution >= 0.6 is 0 Å². The van der Waals surface area contributed by atoms with Gasteiger partial charge in [-0.15, -0.1) is 0 Å². The van der Waals surface area contributed by atoms with Crippen LogP contribution in [0.4, 0.5) is 4.79 Å². The normalized spacial score (nSPS) is 25.9. The number of amides is 2. The van der Waals surface area contributed by atoms with Crippen LogP contribution in [0.1, 0.15) is 26.7 Å². The Balaban J connectivity index is 1.74. The zero-order chi connectivity index (χ0) is 17.3. The minimum Gasteiger partial charge on any atom is -0.325 e. The fourth-order valence-electron chi connectivity index (χ4n) is 3.91. The number of rotatable bonds is 5. The van der Waals surface area contributed by atoms with Crippen LogP contribution < -0.4 is 4.72 Å². The van der Waals surface area contributed by atoms with Crippen LogP contribution in [0.25, 0.3) is 0 Å². The number of likely N-dealkylation sites (tertiary alicyclic amines) is 1. The molecule has 0 spiro atoms. The maximum absolute atomic E-state index is 12.7. The number of benzene rings is 1. The Bertz CT molecular complexity index is 688. The highest BCUT2D eigenvalue weighted by molar-refractivity contribution is 7.89. The van der Waals surface area contributed by atoms with Gasteiger partial charge < -0.3 is 9.80 Å². The number of nitrogens with zero attached hydrogens (tertiary/aromatic N) is 2. The molecule has 7 heteroatoms. The van der Waals surface area contributed by atoms with Crippen LogP contribution in [-0.2, 0) is 10.0 Å². The first-order valence-electron chi connectivity index (χ1n) is 8.59. The molecule has 1 saturated heterocycles. The molecule has 1 heterocycles. The predicted octanol–water partition coefficient (Wildman–Crippen LogP) is 1.89. The Morgan fingerprint density at radius 2 is 1.88 bits per heavy atom. The molecule has 1 saturated carbocycles. The highest BCUT2D eigenvalue weighted by Gasteiger charge is 2.48. The van der Waals surface area contributed by atoms with Gasteiger partial charge in [0.2, 0.25) is 10.0 Å². The van der Waals surface area contributed by atoms with Gasteiger partial charge in [-0.05, 0) is 44.7 Å². The number of sulfonamides is 1. The van der Waals surface area contributed by atoms with E-state index in [-0.39, 0.29) is 23.0 Å². The summed E-state index contributed by atoms with van der Waals surface area (Å²) in [5, 5.41) is 0. The Hall–Kier alpha value is -1.60. The Labute approximate surface area is 143 Å². The monoisotopic (exact) mass is 351 g/mol. The fourth-order valence-corrected chi connectivity index (χ4v) is 5.22. The van der Waals surface area contributed by atoms with Crippen molar-refractivity contribution < 1.29 is 13.2 Å². The van der Waals surface area contributed by atoms with Gasteiger partial charge in [-0.3, -0.25) is 0 Å². The molecule has 3 rings (SSSR count). The summed E-state index contributed by atoms with van der Waals surface area (Å²) in [7, 11) is -3.55. The van der Waals surface area contributed by atoms with Crippen molar-refractivity contribution in [3.8, 4) is 0 Å². The topological polar surface area (TPSA) is 69.7 Å². The number of carbonyl (C=O) groups excluding carboxylic acids is 1. The molecule has 6 nitrogen and oxygen atoms in total. The van der Waals surface area contributed by atoms with Crippen LogP contribution in [-0.4, -0.2) is 56.0 Å². The standard InChI is InChI=1S/C17H25N3O3S/c1-3-19(4-2)17(21)20-12-13-10-15(16(20)11-13)18-24(22,23)14-8-6-5-7-9-14/h5-9,13,15-16,18H,3-4,10-12H2,1-2H3/t13-,15+,16-/m1/s1. The lowest BCUT2D eigenvalue weighted by atomic mass is 10.1. The van der Waals surface area contributed by atoms with Crippen molar-refractivity contribution in [2.45, 2.75) is 43.7 Å². The molecule has 24 heavy (non-hydrogen) atoms. The third-order valence-corrected chi connectivity index (χ3v) is 6.63. The Kier molecular flexibility index (Phi) is 4.83. The van der Waals surface area contributed by atoms with E-state index in [1.165, 1.54) is 0 Å². The smallest absolute Gasteiger partial charge is 0.320 e. The van der Waals surface area contributed by atoms with Gasteiger partial charge in [0.15, 0.2) is 0 Å². The third-order valence-electron chi connectivity index (χ3n) is 5.12. The number of hydrogen-bond donors (Lipinski definition) is 1. The number of hydrogen-bond acceptors (Lipinski definition) is 3. The van der Waals surface area contributed by atoms with E-state index in [1.807, 2.05) is 18.7 Å². The Morgan fingerprint density at radius 3 is 2.46 bits per heavy atom. The van der Waals surface area contributed by atoms with Crippen LogP contribution in [0.15, 0.2) is 35.2 Å². The molecule has 0 aromatic heterocycles. The second-order valence-corrected chi connectivity index (χ2v) is 8.27. The predicted molar refractivity (Wildman–Crippen MR) is 92.1 cm³/mol. The van der Waals surface area contributed by atoms with Gasteiger partial charge in [-0.1, -0.05) is 18.2 Å². The van der Waals surface area contributed by atoms with Gasteiger partial charge >= 0.3 is 6.03 Å². The number of piperidine rings is 1. The molecule has 1 aliphatic carbocycles. The fraction of sp³-hybridized carbons (Fsp3) is 0.588. The first kappa shape index (κ1) is 17.2. The second kappa shape index (κ2) is 6.72. The van der Waals surface area contributed by atoms with E-state index in [9.17, 15) is 13.2 Å². The van der Waals surface area contributed by atoms with E-state index in [4.69, 9.17) is 0 Å². The van der Waals surface area contributed by atoms with Crippen LogP contribution in [0.5, 0.6) is 0 Å². The van der Waals surface area contributed by atoms with Crippen molar-refractivity contribution >= 4 is 16.1 Å². The molecule has 2 amide bonds. The van der Waals surface area contributed by atoms with Crippen molar-refractivity contribution in [2.24, 2.45) is 5.92 Å². The molecule has 1 aromatic carbocycles. The third kappa shape index (κ3) is 3.15. The van der Waals surface area contributed by atoms with Crippen molar-refractivity contribution in [3.63, 3.8) is 0 Å². The average molecular weight is 351 g/mol. The van der Waals surface area contributed by atoms with E-state index in [0.717, 1.165) is 19.4 Å². The van der Waals surface area contributed by atoms with Gasteiger partial charge in [-0.2, -0.15) is 0 Å². The molecular formula is C17H25N3O3S. The summed E-state index contributed by atoms with van der Waals surface area (Å²) in [6, 6.07) is 8.19. The van der Waals surface area contributed by atoms with E-state index >= 15 is 0 Å². The highest BCUT2D eigenvalue weighted by Crippen LogP contribution is 2.38. The van der Waals surface area contributed by atoms with Crippen molar-refractivity contribution in [2.75, 3.05) is 19.6 Å². The summed E-state index contributed by atoms with van der Waals surface area (Å²) < 4.78 is 27.9. The molecular weight excluding hydrogens is 326 g/mol.